The van der Waals surface area contributed by atoms with Crippen molar-refractivity contribution in [3.63, 3.8) is 0 Å². The first-order valence-electron chi connectivity index (χ1n) is 6.87. The van der Waals surface area contributed by atoms with Crippen molar-refractivity contribution in [2.24, 2.45) is 5.92 Å². The summed E-state index contributed by atoms with van der Waals surface area (Å²) in [5, 5.41) is 0. The van der Waals surface area contributed by atoms with Crippen molar-refractivity contribution in [3.05, 3.63) is 28.3 Å². The van der Waals surface area contributed by atoms with E-state index < -0.39 is 0 Å². The van der Waals surface area contributed by atoms with Gasteiger partial charge in [-0.3, -0.25) is 4.79 Å². The number of methoxy groups -OCH3 is 1. The predicted molar refractivity (Wildman–Crippen MR) is 78.3 cm³/mol. The summed E-state index contributed by atoms with van der Waals surface area (Å²) >= 11 is 0. The van der Waals surface area contributed by atoms with E-state index in [4.69, 9.17) is 4.74 Å². The fraction of sp³-hybridized carbons (Fsp3) is 0.588. The number of aryl methyl sites for hydroxylation is 1. The first kappa shape index (κ1) is 14.1. The van der Waals surface area contributed by atoms with Gasteiger partial charge >= 0.3 is 0 Å². The van der Waals surface area contributed by atoms with Gasteiger partial charge in [0, 0.05) is 5.56 Å². The topological polar surface area (TPSA) is 26.3 Å². The highest BCUT2D eigenvalue weighted by molar-refractivity contribution is 5.84. The molecule has 0 N–H and O–H groups in total. The molecule has 0 fully saturated rings. The molecule has 1 aliphatic carbocycles. The molecule has 2 nitrogen and oxygen atoms in total. The Morgan fingerprint density at radius 3 is 2.26 bits per heavy atom. The molecule has 2 heteroatoms. The van der Waals surface area contributed by atoms with Crippen molar-refractivity contribution in [2.45, 2.75) is 52.4 Å². The summed E-state index contributed by atoms with van der Waals surface area (Å²) in [7, 11) is 1.66. The van der Waals surface area contributed by atoms with Crippen LogP contribution in [-0.4, -0.2) is 13.4 Å². The highest BCUT2D eigenvalue weighted by atomic mass is 16.5. The van der Waals surface area contributed by atoms with Crippen LogP contribution in [-0.2, 0) is 10.8 Å². The minimum absolute atomic E-state index is 0.00956. The number of aldehydes is 1. The van der Waals surface area contributed by atoms with Gasteiger partial charge < -0.3 is 4.74 Å². The molecule has 0 heterocycles. The van der Waals surface area contributed by atoms with Crippen LogP contribution in [0.2, 0.25) is 0 Å². The Hall–Kier alpha value is -1.31. The first-order valence-corrected chi connectivity index (χ1v) is 6.87. The minimum atomic E-state index is 0.00956. The number of fused-ring (bicyclic) bond motifs is 1. The number of carbonyl (C=O) groups excluding carboxylic acids is 1. The summed E-state index contributed by atoms with van der Waals surface area (Å²) in [6.45, 7) is 13.3. The van der Waals surface area contributed by atoms with E-state index in [1.807, 2.05) is 6.92 Å². The summed E-state index contributed by atoms with van der Waals surface area (Å²) in [4.78, 5) is 11.4. The van der Waals surface area contributed by atoms with Crippen LogP contribution in [0.5, 0.6) is 5.75 Å². The first-order chi connectivity index (χ1) is 8.69. The zero-order valence-electron chi connectivity index (χ0n) is 13.0. The molecule has 19 heavy (non-hydrogen) atoms. The van der Waals surface area contributed by atoms with Crippen LogP contribution in [0, 0.1) is 12.8 Å². The summed E-state index contributed by atoms with van der Waals surface area (Å²) in [5.74, 6) is 1.26. The third-order valence-electron chi connectivity index (χ3n) is 5.35. The molecule has 0 saturated heterocycles. The molecule has 1 aliphatic rings. The van der Waals surface area contributed by atoms with Crippen LogP contribution in [0.4, 0.5) is 0 Å². The van der Waals surface area contributed by atoms with E-state index in [9.17, 15) is 4.79 Å². The maximum atomic E-state index is 11.4. The fourth-order valence-electron chi connectivity index (χ4n) is 3.66. The molecule has 0 aliphatic heterocycles. The Morgan fingerprint density at radius 2 is 1.79 bits per heavy atom. The van der Waals surface area contributed by atoms with E-state index in [0.29, 0.717) is 11.5 Å². The van der Waals surface area contributed by atoms with E-state index in [2.05, 4.69) is 40.7 Å². The molecule has 104 valence electrons. The average Bonchev–Trinajstić information content (AvgIpc) is 2.47. The summed E-state index contributed by atoms with van der Waals surface area (Å²) in [6.07, 6.45) is 0.917. The third-order valence-corrected chi connectivity index (χ3v) is 5.35. The highest BCUT2D eigenvalue weighted by Crippen LogP contribution is 2.57. The lowest BCUT2D eigenvalue weighted by Gasteiger charge is -2.33. The van der Waals surface area contributed by atoms with Gasteiger partial charge in [0.05, 0.1) is 12.7 Å². The van der Waals surface area contributed by atoms with Gasteiger partial charge in [-0.05, 0) is 34.8 Å². The number of hydrogen-bond acceptors (Lipinski definition) is 2. The quantitative estimate of drug-likeness (QED) is 0.751. The standard InChI is InChI=1S/C17H24O2/c1-10-8-13-14(15(19-7)12(10)9-18)17(5,6)11(2)16(13,3)4/h8-9,11H,1-7H3. The van der Waals surface area contributed by atoms with E-state index in [0.717, 1.165) is 17.6 Å². The van der Waals surface area contributed by atoms with Crippen LogP contribution < -0.4 is 4.74 Å². The second-order valence-electron chi connectivity index (χ2n) is 6.85. The van der Waals surface area contributed by atoms with Crippen molar-refractivity contribution < 1.29 is 9.53 Å². The molecule has 0 saturated carbocycles. The van der Waals surface area contributed by atoms with Gasteiger partial charge in [-0.25, -0.2) is 0 Å². The molecule has 0 bridgehead atoms. The third kappa shape index (κ3) is 1.65. The molecular formula is C17H24O2. The monoisotopic (exact) mass is 260 g/mol. The van der Waals surface area contributed by atoms with E-state index in [1.54, 1.807) is 7.11 Å². The van der Waals surface area contributed by atoms with Gasteiger partial charge in [0.25, 0.3) is 0 Å². The van der Waals surface area contributed by atoms with Crippen LogP contribution in [0.1, 0.15) is 61.7 Å². The minimum Gasteiger partial charge on any atom is -0.496 e. The Balaban J connectivity index is 2.90. The molecule has 1 unspecified atom stereocenters. The normalized spacial score (nSPS) is 23.0. The van der Waals surface area contributed by atoms with E-state index in [1.165, 1.54) is 11.1 Å². The number of rotatable bonds is 2. The van der Waals surface area contributed by atoms with Crippen LogP contribution in [0.3, 0.4) is 0 Å². The molecule has 0 spiro atoms. The largest absolute Gasteiger partial charge is 0.496 e. The van der Waals surface area contributed by atoms with E-state index in [-0.39, 0.29) is 10.8 Å². The summed E-state index contributed by atoms with van der Waals surface area (Å²) in [5.41, 5.74) is 4.33. The zero-order chi connectivity index (χ0) is 14.6. The lowest BCUT2D eigenvalue weighted by molar-refractivity contribution is 0.111. The van der Waals surface area contributed by atoms with Crippen molar-refractivity contribution in [1.29, 1.82) is 0 Å². The van der Waals surface area contributed by atoms with Gasteiger partial charge in [0.1, 0.15) is 5.75 Å². The van der Waals surface area contributed by atoms with Gasteiger partial charge in [0.2, 0.25) is 0 Å². The average molecular weight is 260 g/mol. The molecule has 1 aromatic rings. The van der Waals surface area contributed by atoms with Crippen LogP contribution in [0.25, 0.3) is 0 Å². The smallest absolute Gasteiger partial charge is 0.154 e. The number of hydrogen-bond donors (Lipinski definition) is 0. The molecule has 1 aromatic carbocycles. The molecule has 0 radical (unpaired) electrons. The lowest BCUT2D eigenvalue weighted by Crippen LogP contribution is -2.31. The Bertz CT molecular complexity index is 539. The summed E-state index contributed by atoms with van der Waals surface area (Å²) < 4.78 is 5.61. The number of benzene rings is 1. The molecule has 0 aromatic heterocycles. The van der Waals surface area contributed by atoms with Gasteiger partial charge in [0.15, 0.2) is 6.29 Å². The van der Waals surface area contributed by atoms with Gasteiger partial charge in [-0.1, -0.05) is 40.7 Å². The lowest BCUT2D eigenvalue weighted by atomic mass is 9.71. The second kappa shape index (κ2) is 4.09. The number of ether oxygens (including phenoxy) is 1. The van der Waals surface area contributed by atoms with Crippen molar-refractivity contribution in [1.82, 2.24) is 0 Å². The van der Waals surface area contributed by atoms with Gasteiger partial charge in [-0.2, -0.15) is 0 Å². The van der Waals surface area contributed by atoms with E-state index >= 15 is 0 Å². The zero-order valence-corrected chi connectivity index (χ0v) is 13.0. The maximum absolute atomic E-state index is 11.4. The van der Waals surface area contributed by atoms with Crippen molar-refractivity contribution >= 4 is 6.29 Å². The predicted octanol–water partition coefficient (Wildman–Crippen LogP) is 4.02. The van der Waals surface area contributed by atoms with Gasteiger partial charge in [-0.15, -0.1) is 0 Å². The second-order valence-corrected chi connectivity index (χ2v) is 6.85. The van der Waals surface area contributed by atoms with Crippen LogP contribution in [0.15, 0.2) is 6.07 Å². The Morgan fingerprint density at radius 1 is 1.21 bits per heavy atom. The molecule has 2 rings (SSSR count). The molecule has 1 atom stereocenters. The Labute approximate surface area is 116 Å². The maximum Gasteiger partial charge on any atom is 0.154 e. The highest BCUT2D eigenvalue weighted by Gasteiger charge is 2.50. The number of carbonyl (C=O) groups is 1. The van der Waals surface area contributed by atoms with Crippen molar-refractivity contribution in [2.75, 3.05) is 7.11 Å². The Kier molecular flexibility index (Phi) is 3.04. The summed E-state index contributed by atoms with van der Waals surface area (Å²) in [6, 6.07) is 2.17. The fourth-order valence-corrected chi connectivity index (χ4v) is 3.66. The van der Waals surface area contributed by atoms with Crippen LogP contribution >= 0.6 is 0 Å². The molecular weight excluding hydrogens is 236 g/mol. The van der Waals surface area contributed by atoms with Crippen molar-refractivity contribution in [3.8, 4) is 5.75 Å². The SMILES string of the molecule is COc1c(C=O)c(C)cc2c1C(C)(C)C(C)C2(C)C. The molecule has 0 amide bonds.